The Bertz CT molecular complexity index is 321. The maximum Gasteiger partial charge on any atom is 0.305 e. The number of esters is 1. The number of hydrogen-bond donors (Lipinski definition) is 1. The van der Waals surface area contributed by atoms with Crippen LogP contribution in [0.3, 0.4) is 0 Å². The highest BCUT2D eigenvalue weighted by molar-refractivity contribution is 7.89. The molecule has 0 aromatic heterocycles. The Hall–Kier alpha value is -0.880. The van der Waals surface area contributed by atoms with Crippen LogP contribution < -0.4 is 4.72 Å². The van der Waals surface area contributed by atoms with E-state index in [4.69, 9.17) is 0 Å². The lowest BCUT2D eigenvalue weighted by Crippen LogP contribution is -2.28. The molecule has 1 N–H and O–H groups in total. The maximum absolute atomic E-state index is 11.3. The van der Waals surface area contributed by atoms with Gasteiger partial charge in [-0.1, -0.05) is 12.2 Å². The van der Waals surface area contributed by atoms with Gasteiger partial charge in [0, 0.05) is 13.0 Å². The van der Waals surface area contributed by atoms with Gasteiger partial charge in [0.15, 0.2) is 0 Å². The molecule has 0 aromatic rings. The predicted molar refractivity (Wildman–Crippen MR) is 57.9 cm³/mol. The van der Waals surface area contributed by atoms with Crippen LogP contribution in [-0.2, 0) is 19.6 Å². The molecule has 88 valence electrons. The first-order valence-corrected chi connectivity index (χ1v) is 6.21. The zero-order valence-electron chi connectivity index (χ0n) is 9.08. The summed E-state index contributed by atoms with van der Waals surface area (Å²) in [6, 6.07) is 0. The molecule has 0 atom stereocenters. The van der Waals surface area contributed by atoms with Crippen LogP contribution in [0.5, 0.6) is 0 Å². The summed E-state index contributed by atoms with van der Waals surface area (Å²) in [7, 11) is -2.03. The summed E-state index contributed by atoms with van der Waals surface area (Å²) in [5.41, 5.74) is 0.742. The van der Waals surface area contributed by atoms with Crippen molar-refractivity contribution >= 4 is 16.0 Å². The van der Waals surface area contributed by atoms with Gasteiger partial charge in [-0.3, -0.25) is 4.79 Å². The zero-order chi connectivity index (χ0) is 11.9. The number of carbonyl (C=O) groups excluding carboxylic acids is 1. The van der Waals surface area contributed by atoms with E-state index in [-0.39, 0.29) is 25.1 Å². The second-order valence-electron chi connectivity index (χ2n) is 3.28. The average molecular weight is 235 g/mol. The number of ether oxygens (including phenoxy) is 1. The summed E-state index contributed by atoms with van der Waals surface area (Å²) in [6.07, 6.45) is 0.378. The van der Waals surface area contributed by atoms with Gasteiger partial charge >= 0.3 is 5.97 Å². The van der Waals surface area contributed by atoms with Gasteiger partial charge in [0.25, 0.3) is 0 Å². The second kappa shape index (κ2) is 6.58. The fourth-order valence-corrected chi connectivity index (χ4v) is 1.95. The van der Waals surface area contributed by atoms with E-state index in [1.165, 1.54) is 7.11 Å². The minimum atomic E-state index is -3.30. The standard InChI is InChI=1S/C9H17NO4S/c1-8(2)7-10-15(12,13)6-4-5-9(11)14-3/h10H,1,4-7H2,2-3H3. The van der Waals surface area contributed by atoms with Crippen molar-refractivity contribution < 1.29 is 17.9 Å². The largest absolute Gasteiger partial charge is 0.469 e. The molecule has 0 rings (SSSR count). The summed E-state index contributed by atoms with van der Waals surface area (Å²) in [4.78, 5) is 10.7. The van der Waals surface area contributed by atoms with Crippen molar-refractivity contribution in [3.8, 4) is 0 Å². The van der Waals surface area contributed by atoms with Crippen LogP contribution in [0.2, 0.25) is 0 Å². The Morgan fingerprint density at radius 2 is 2.07 bits per heavy atom. The molecule has 0 amide bonds. The van der Waals surface area contributed by atoms with E-state index in [1.54, 1.807) is 6.92 Å². The molecule has 0 aliphatic heterocycles. The van der Waals surface area contributed by atoms with Crippen LogP contribution >= 0.6 is 0 Å². The molecule has 0 fully saturated rings. The fourth-order valence-electron chi connectivity index (χ4n) is 0.814. The van der Waals surface area contributed by atoms with Gasteiger partial charge < -0.3 is 4.74 Å². The van der Waals surface area contributed by atoms with E-state index < -0.39 is 16.0 Å². The van der Waals surface area contributed by atoms with Gasteiger partial charge in [-0.15, -0.1) is 0 Å². The van der Waals surface area contributed by atoms with Crippen LogP contribution in [0.25, 0.3) is 0 Å². The molecule has 0 bridgehead atoms. The van der Waals surface area contributed by atoms with E-state index in [2.05, 4.69) is 16.0 Å². The molecule has 0 saturated heterocycles. The molecule has 0 heterocycles. The van der Waals surface area contributed by atoms with E-state index >= 15 is 0 Å². The Balaban J connectivity index is 3.84. The van der Waals surface area contributed by atoms with Gasteiger partial charge in [0.05, 0.1) is 12.9 Å². The van der Waals surface area contributed by atoms with E-state index in [0.717, 1.165) is 5.57 Å². The summed E-state index contributed by atoms with van der Waals surface area (Å²) >= 11 is 0. The van der Waals surface area contributed by atoms with E-state index in [1.807, 2.05) is 0 Å². The minimum absolute atomic E-state index is 0.0740. The molecular weight excluding hydrogens is 218 g/mol. The summed E-state index contributed by atoms with van der Waals surface area (Å²) in [5.74, 6) is -0.472. The van der Waals surface area contributed by atoms with Gasteiger partial charge in [-0.05, 0) is 13.3 Å². The highest BCUT2D eigenvalue weighted by atomic mass is 32.2. The Morgan fingerprint density at radius 1 is 1.47 bits per heavy atom. The second-order valence-corrected chi connectivity index (χ2v) is 5.20. The summed E-state index contributed by atoms with van der Waals surface area (Å²) in [5, 5.41) is 0. The molecule has 5 nitrogen and oxygen atoms in total. The first-order chi connectivity index (χ1) is 6.87. The van der Waals surface area contributed by atoms with Crippen molar-refractivity contribution in [3.63, 3.8) is 0 Å². The lowest BCUT2D eigenvalue weighted by molar-refractivity contribution is -0.140. The lowest BCUT2D eigenvalue weighted by Gasteiger charge is -2.05. The first kappa shape index (κ1) is 14.1. The molecule has 0 spiro atoms. The van der Waals surface area contributed by atoms with Crippen molar-refractivity contribution in [2.24, 2.45) is 0 Å². The zero-order valence-corrected chi connectivity index (χ0v) is 9.89. The van der Waals surface area contributed by atoms with Crippen molar-refractivity contribution in [1.29, 1.82) is 0 Å². The number of methoxy groups -OCH3 is 1. The van der Waals surface area contributed by atoms with Gasteiger partial charge in [0.2, 0.25) is 10.0 Å². The Kier molecular flexibility index (Phi) is 6.19. The van der Waals surface area contributed by atoms with Crippen LogP contribution in [-0.4, -0.2) is 33.8 Å². The molecular formula is C9H17NO4S. The van der Waals surface area contributed by atoms with Crippen LogP contribution in [0.1, 0.15) is 19.8 Å². The van der Waals surface area contributed by atoms with E-state index in [9.17, 15) is 13.2 Å². The predicted octanol–water partition coefficient (Wildman–Crippen LogP) is 0.435. The highest BCUT2D eigenvalue weighted by Crippen LogP contribution is 1.97. The molecule has 6 heteroatoms. The summed E-state index contributed by atoms with van der Waals surface area (Å²) < 4.78 is 29.4. The van der Waals surface area contributed by atoms with Gasteiger partial charge in [0.1, 0.15) is 0 Å². The maximum atomic E-state index is 11.3. The highest BCUT2D eigenvalue weighted by Gasteiger charge is 2.10. The first-order valence-electron chi connectivity index (χ1n) is 4.56. The minimum Gasteiger partial charge on any atom is -0.469 e. The molecule has 0 aliphatic rings. The molecule has 0 radical (unpaired) electrons. The quantitative estimate of drug-likeness (QED) is 0.513. The van der Waals surface area contributed by atoms with Gasteiger partial charge in [-0.2, -0.15) is 0 Å². The van der Waals surface area contributed by atoms with Crippen molar-refractivity contribution in [2.45, 2.75) is 19.8 Å². The Labute approximate surface area is 90.6 Å². The van der Waals surface area contributed by atoms with Crippen molar-refractivity contribution in [1.82, 2.24) is 4.72 Å². The molecule has 0 aliphatic carbocycles. The lowest BCUT2D eigenvalue weighted by atomic mass is 10.3. The fraction of sp³-hybridized carbons (Fsp3) is 0.667. The van der Waals surface area contributed by atoms with Crippen LogP contribution in [0.15, 0.2) is 12.2 Å². The third kappa shape index (κ3) is 8.14. The molecule has 15 heavy (non-hydrogen) atoms. The van der Waals surface area contributed by atoms with Crippen LogP contribution in [0, 0.1) is 0 Å². The number of hydrogen-bond acceptors (Lipinski definition) is 4. The van der Waals surface area contributed by atoms with Crippen LogP contribution in [0.4, 0.5) is 0 Å². The smallest absolute Gasteiger partial charge is 0.305 e. The third-order valence-corrected chi connectivity index (χ3v) is 3.03. The SMILES string of the molecule is C=C(C)CNS(=O)(=O)CCCC(=O)OC. The van der Waals surface area contributed by atoms with Crippen molar-refractivity contribution in [3.05, 3.63) is 12.2 Å². The normalized spacial score (nSPS) is 11.1. The van der Waals surface area contributed by atoms with E-state index in [0.29, 0.717) is 0 Å². The third-order valence-electron chi connectivity index (χ3n) is 1.62. The number of nitrogens with one attached hydrogen (secondary N) is 1. The molecule has 0 saturated carbocycles. The van der Waals surface area contributed by atoms with Gasteiger partial charge in [-0.25, -0.2) is 13.1 Å². The topological polar surface area (TPSA) is 72.5 Å². The monoisotopic (exact) mass is 235 g/mol. The Morgan fingerprint density at radius 3 is 2.53 bits per heavy atom. The number of carbonyl (C=O) groups is 1. The number of sulfonamides is 1. The molecule has 0 aromatic carbocycles. The number of rotatable bonds is 7. The van der Waals surface area contributed by atoms with Crippen molar-refractivity contribution in [2.75, 3.05) is 19.4 Å². The average Bonchev–Trinajstić information content (AvgIpc) is 2.14. The molecule has 0 unspecified atom stereocenters. The summed E-state index contributed by atoms with van der Waals surface area (Å²) in [6.45, 7) is 5.55.